The van der Waals surface area contributed by atoms with Crippen molar-refractivity contribution in [3.8, 4) is 0 Å². The molecule has 0 spiro atoms. The molecule has 0 aliphatic heterocycles. The van der Waals surface area contributed by atoms with Crippen LogP contribution in [0.15, 0.2) is 0 Å². The highest BCUT2D eigenvalue weighted by atomic mass is 16.4. The van der Waals surface area contributed by atoms with Crippen LogP contribution in [0.4, 0.5) is 0 Å². The summed E-state index contributed by atoms with van der Waals surface area (Å²) in [6.45, 7) is 7.91. The van der Waals surface area contributed by atoms with E-state index < -0.39 is 12.0 Å². The monoisotopic (exact) mass is 272 g/mol. The van der Waals surface area contributed by atoms with Crippen molar-refractivity contribution in [1.82, 2.24) is 5.32 Å². The zero-order valence-corrected chi connectivity index (χ0v) is 12.5. The molecule has 3 unspecified atom stereocenters. The van der Waals surface area contributed by atoms with E-state index in [1.54, 1.807) is 0 Å². The summed E-state index contributed by atoms with van der Waals surface area (Å²) in [5.74, 6) is -0.722. The SMILES string of the molecule is CCCC(C)CC(CC(=O)O)NC(=O)C(N)C(C)C. The Morgan fingerprint density at radius 2 is 1.84 bits per heavy atom. The fourth-order valence-corrected chi connectivity index (χ4v) is 2.10. The van der Waals surface area contributed by atoms with Gasteiger partial charge in [-0.25, -0.2) is 0 Å². The first-order chi connectivity index (χ1) is 8.77. The van der Waals surface area contributed by atoms with Crippen molar-refractivity contribution in [3.05, 3.63) is 0 Å². The lowest BCUT2D eigenvalue weighted by Gasteiger charge is -2.23. The highest BCUT2D eigenvalue weighted by Crippen LogP contribution is 2.15. The normalized spacial score (nSPS) is 15.9. The Hall–Kier alpha value is -1.10. The van der Waals surface area contributed by atoms with Gasteiger partial charge in [0.2, 0.25) is 5.91 Å². The van der Waals surface area contributed by atoms with Crippen LogP contribution in [0.3, 0.4) is 0 Å². The van der Waals surface area contributed by atoms with Gasteiger partial charge in [0.25, 0.3) is 0 Å². The second-order valence-electron chi connectivity index (χ2n) is 5.70. The number of aliphatic carboxylic acids is 1. The number of nitrogens with one attached hydrogen (secondary N) is 1. The van der Waals surface area contributed by atoms with Crippen LogP contribution in [0.2, 0.25) is 0 Å². The maximum absolute atomic E-state index is 11.9. The first-order valence-electron chi connectivity index (χ1n) is 7.05. The topological polar surface area (TPSA) is 92.4 Å². The minimum absolute atomic E-state index is 0.0403. The van der Waals surface area contributed by atoms with Crippen molar-refractivity contribution >= 4 is 11.9 Å². The molecule has 0 aliphatic carbocycles. The van der Waals surface area contributed by atoms with Gasteiger partial charge in [-0.3, -0.25) is 9.59 Å². The van der Waals surface area contributed by atoms with Gasteiger partial charge in [0.1, 0.15) is 0 Å². The van der Waals surface area contributed by atoms with Gasteiger partial charge in [-0.15, -0.1) is 0 Å². The van der Waals surface area contributed by atoms with Crippen LogP contribution in [0.5, 0.6) is 0 Å². The average Bonchev–Trinajstić information content (AvgIpc) is 2.26. The molecule has 19 heavy (non-hydrogen) atoms. The van der Waals surface area contributed by atoms with Crippen molar-refractivity contribution in [1.29, 1.82) is 0 Å². The van der Waals surface area contributed by atoms with Crippen LogP contribution in [0.1, 0.15) is 53.4 Å². The number of carboxylic acid groups (broad SMARTS) is 1. The maximum Gasteiger partial charge on any atom is 0.305 e. The molecule has 0 aliphatic rings. The molecular weight excluding hydrogens is 244 g/mol. The molecule has 0 bridgehead atoms. The third-order valence-corrected chi connectivity index (χ3v) is 3.26. The fraction of sp³-hybridized carbons (Fsp3) is 0.857. The summed E-state index contributed by atoms with van der Waals surface area (Å²) in [5, 5.41) is 11.7. The maximum atomic E-state index is 11.9. The number of rotatable bonds is 9. The van der Waals surface area contributed by atoms with E-state index in [1.807, 2.05) is 13.8 Å². The highest BCUT2D eigenvalue weighted by Gasteiger charge is 2.23. The van der Waals surface area contributed by atoms with Crippen molar-refractivity contribution in [2.75, 3.05) is 0 Å². The van der Waals surface area contributed by atoms with Crippen molar-refractivity contribution in [2.45, 2.75) is 65.5 Å². The van der Waals surface area contributed by atoms with Gasteiger partial charge >= 0.3 is 5.97 Å². The van der Waals surface area contributed by atoms with Gasteiger partial charge in [-0.1, -0.05) is 40.5 Å². The van der Waals surface area contributed by atoms with Crippen molar-refractivity contribution < 1.29 is 14.7 Å². The molecule has 0 fully saturated rings. The standard InChI is InChI=1S/C14H28N2O3/c1-5-6-10(4)7-11(8-12(17)18)16-14(19)13(15)9(2)3/h9-11,13H,5-8,15H2,1-4H3,(H,16,19)(H,17,18). The third kappa shape index (κ3) is 7.82. The first-order valence-corrected chi connectivity index (χ1v) is 7.05. The quantitative estimate of drug-likeness (QED) is 0.596. The number of carboxylic acids is 1. The van der Waals surface area contributed by atoms with E-state index in [0.717, 1.165) is 12.8 Å². The van der Waals surface area contributed by atoms with Gasteiger partial charge < -0.3 is 16.2 Å². The van der Waals surface area contributed by atoms with E-state index in [9.17, 15) is 9.59 Å². The van der Waals surface area contributed by atoms with E-state index in [-0.39, 0.29) is 24.3 Å². The molecule has 5 nitrogen and oxygen atoms in total. The molecule has 3 atom stereocenters. The lowest BCUT2D eigenvalue weighted by Crippen LogP contribution is -2.48. The van der Waals surface area contributed by atoms with Crippen LogP contribution < -0.4 is 11.1 Å². The van der Waals surface area contributed by atoms with E-state index >= 15 is 0 Å². The number of carbonyl (C=O) groups is 2. The molecule has 4 N–H and O–H groups in total. The summed E-state index contributed by atoms with van der Waals surface area (Å²) in [6, 6.07) is -0.922. The summed E-state index contributed by atoms with van der Waals surface area (Å²) in [7, 11) is 0. The lowest BCUT2D eigenvalue weighted by atomic mass is 9.95. The van der Waals surface area contributed by atoms with E-state index in [0.29, 0.717) is 12.3 Å². The van der Waals surface area contributed by atoms with E-state index in [1.165, 1.54) is 0 Å². The summed E-state index contributed by atoms with van der Waals surface area (Å²) in [4.78, 5) is 22.7. The largest absolute Gasteiger partial charge is 0.481 e. The Labute approximate surface area is 115 Å². The lowest BCUT2D eigenvalue weighted by molar-refractivity contribution is -0.137. The zero-order chi connectivity index (χ0) is 15.0. The Morgan fingerprint density at radius 1 is 1.26 bits per heavy atom. The first kappa shape index (κ1) is 17.9. The number of hydrogen-bond acceptors (Lipinski definition) is 3. The van der Waals surface area contributed by atoms with Gasteiger partial charge in [0.05, 0.1) is 12.5 Å². The Balaban J connectivity index is 4.50. The van der Waals surface area contributed by atoms with Gasteiger partial charge in [0, 0.05) is 6.04 Å². The van der Waals surface area contributed by atoms with E-state index in [4.69, 9.17) is 10.8 Å². The number of carbonyl (C=O) groups excluding carboxylic acids is 1. The molecule has 0 radical (unpaired) electrons. The van der Waals surface area contributed by atoms with Crippen LogP contribution in [0, 0.1) is 11.8 Å². The molecule has 1 amide bonds. The van der Waals surface area contributed by atoms with E-state index in [2.05, 4.69) is 19.2 Å². The third-order valence-electron chi connectivity index (χ3n) is 3.26. The van der Waals surface area contributed by atoms with Crippen molar-refractivity contribution in [3.63, 3.8) is 0 Å². The molecule has 0 heterocycles. The van der Waals surface area contributed by atoms with Gasteiger partial charge in [0.15, 0.2) is 0 Å². The van der Waals surface area contributed by atoms with Gasteiger partial charge in [-0.05, 0) is 18.3 Å². The molecule has 0 rings (SSSR count). The van der Waals surface area contributed by atoms with Crippen molar-refractivity contribution in [2.24, 2.45) is 17.6 Å². The predicted molar refractivity (Wildman–Crippen MR) is 75.7 cm³/mol. The predicted octanol–water partition coefficient (Wildman–Crippen LogP) is 1.76. The molecule has 112 valence electrons. The molecule has 5 heteroatoms. The Kier molecular flexibility index (Phi) is 8.39. The van der Waals surface area contributed by atoms with Crippen LogP contribution in [-0.4, -0.2) is 29.1 Å². The second-order valence-corrected chi connectivity index (χ2v) is 5.70. The summed E-state index contributed by atoms with van der Waals surface area (Å²) in [5.41, 5.74) is 5.77. The van der Waals surface area contributed by atoms with Crippen LogP contribution in [-0.2, 0) is 9.59 Å². The minimum Gasteiger partial charge on any atom is -0.481 e. The summed E-state index contributed by atoms with van der Waals surface area (Å²) in [6.07, 6.45) is 2.71. The zero-order valence-electron chi connectivity index (χ0n) is 12.5. The summed E-state index contributed by atoms with van der Waals surface area (Å²) >= 11 is 0. The molecule has 0 aromatic carbocycles. The summed E-state index contributed by atoms with van der Waals surface area (Å²) < 4.78 is 0. The molecule has 0 saturated carbocycles. The molecular formula is C14H28N2O3. The minimum atomic E-state index is -0.896. The second kappa shape index (κ2) is 8.91. The van der Waals surface area contributed by atoms with Crippen LogP contribution >= 0.6 is 0 Å². The number of nitrogens with two attached hydrogens (primary N) is 1. The molecule has 0 aromatic rings. The average molecular weight is 272 g/mol. The fourth-order valence-electron chi connectivity index (χ4n) is 2.10. The number of hydrogen-bond donors (Lipinski definition) is 3. The highest BCUT2D eigenvalue weighted by molar-refractivity contribution is 5.82. The van der Waals surface area contributed by atoms with Gasteiger partial charge in [-0.2, -0.15) is 0 Å². The Bertz CT molecular complexity index is 292. The smallest absolute Gasteiger partial charge is 0.305 e. The molecule has 0 saturated heterocycles. The number of amides is 1. The molecule has 0 aromatic heterocycles. The Morgan fingerprint density at radius 3 is 2.26 bits per heavy atom. The van der Waals surface area contributed by atoms with Crippen LogP contribution in [0.25, 0.3) is 0 Å².